The molecule has 18 heavy (non-hydrogen) atoms. The Kier molecular flexibility index (Phi) is 4.42. The zero-order chi connectivity index (χ0) is 13.2. The first kappa shape index (κ1) is 14.0. The van der Waals surface area contributed by atoms with Crippen molar-refractivity contribution in [2.75, 3.05) is 26.7 Å². The van der Waals surface area contributed by atoms with Crippen molar-refractivity contribution in [1.29, 1.82) is 0 Å². The van der Waals surface area contributed by atoms with Crippen LogP contribution in [-0.4, -0.2) is 39.4 Å². The summed E-state index contributed by atoms with van der Waals surface area (Å²) in [7, 11) is -1.34. The smallest absolute Gasteiger partial charge is 0.252 e. The maximum Gasteiger partial charge on any atom is 0.252 e. The van der Waals surface area contributed by atoms with Crippen molar-refractivity contribution in [1.82, 2.24) is 9.62 Å². The maximum atomic E-state index is 12.4. The Morgan fingerprint density at radius 3 is 2.89 bits per heavy atom. The summed E-state index contributed by atoms with van der Waals surface area (Å²) in [5, 5.41) is 3.07. The minimum atomic E-state index is -3.24. The van der Waals surface area contributed by atoms with E-state index < -0.39 is 10.0 Å². The molecule has 0 amide bonds. The van der Waals surface area contributed by atoms with Gasteiger partial charge in [0.25, 0.3) is 10.0 Å². The Balaban J connectivity index is 2.12. The molecule has 2 rings (SSSR count). The van der Waals surface area contributed by atoms with Crippen LogP contribution in [0.15, 0.2) is 16.3 Å². The summed E-state index contributed by atoms with van der Waals surface area (Å²) < 4.78 is 26.9. The fraction of sp³-hybridized carbons (Fsp3) is 0.667. The van der Waals surface area contributed by atoms with E-state index in [1.165, 1.54) is 11.3 Å². The first-order valence-corrected chi connectivity index (χ1v) is 8.53. The van der Waals surface area contributed by atoms with Crippen LogP contribution in [0.1, 0.15) is 18.2 Å². The van der Waals surface area contributed by atoms with Crippen LogP contribution >= 0.6 is 11.3 Å². The Hall–Kier alpha value is -0.430. The molecule has 0 aliphatic carbocycles. The lowest BCUT2D eigenvalue weighted by Crippen LogP contribution is -2.27. The lowest BCUT2D eigenvalue weighted by molar-refractivity contribution is 0.466. The van der Waals surface area contributed by atoms with Crippen molar-refractivity contribution in [3.8, 4) is 0 Å². The van der Waals surface area contributed by atoms with E-state index in [2.05, 4.69) is 12.2 Å². The molecule has 1 N–H and O–H groups in total. The summed E-state index contributed by atoms with van der Waals surface area (Å²) >= 11 is 1.40. The SMILES string of the molecule is CNCCc1ccc(S(=O)(=O)N2CCC(C)C2)s1. The highest BCUT2D eigenvalue weighted by Gasteiger charge is 2.31. The lowest BCUT2D eigenvalue weighted by atomic mass is 10.2. The highest BCUT2D eigenvalue weighted by molar-refractivity contribution is 7.91. The Morgan fingerprint density at radius 1 is 1.50 bits per heavy atom. The Morgan fingerprint density at radius 2 is 2.28 bits per heavy atom. The molecular weight excluding hydrogens is 268 g/mol. The molecule has 1 aliphatic heterocycles. The van der Waals surface area contributed by atoms with Crippen molar-refractivity contribution in [2.45, 2.75) is 24.0 Å². The number of hydrogen-bond donors (Lipinski definition) is 1. The molecule has 6 heteroatoms. The molecule has 4 nitrogen and oxygen atoms in total. The van der Waals surface area contributed by atoms with E-state index in [1.54, 1.807) is 10.4 Å². The summed E-state index contributed by atoms with van der Waals surface area (Å²) in [4.78, 5) is 1.12. The quantitative estimate of drug-likeness (QED) is 0.894. The van der Waals surface area contributed by atoms with E-state index in [-0.39, 0.29) is 0 Å². The van der Waals surface area contributed by atoms with Crippen molar-refractivity contribution >= 4 is 21.4 Å². The molecule has 1 aliphatic rings. The van der Waals surface area contributed by atoms with Gasteiger partial charge in [-0.15, -0.1) is 11.3 Å². The molecule has 0 bridgehead atoms. The third kappa shape index (κ3) is 2.93. The van der Waals surface area contributed by atoms with Gasteiger partial charge in [-0.25, -0.2) is 8.42 Å². The molecule has 1 aromatic heterocycles. The number of thiophene rings is 1. The number of rotatable bonds is 5. The summed E-state index contributed by atoms with van der Waals surface area (Å²) in [6.45, 7) is 4.29. The molecule has 0 radical (unpaired) electrons. The van der Waals surface area contributed by atoms with Gasteiger partial charge in [-0.1, -0.05) is 6.92 Å². The van der Waals surface area contributed by atoms with E-state index in [1.807, 2.05) is 13.1 Å². The summed E-state index contributed by atoms with van der Waals surface area (Å²) in [6, 6.07) is 3.67. The highest BCUT2D eigenvalue weighted by atomic mass is 32.2. The van der Waals surface area contributed by atoms with Crippen LogP contribution in [-0.2, 0) is 16.4 Å². The minimum absolute atomic E-state index is 0.475. The highest BCUT2D eigenvalue weighted by Crippen LogP contribution is 2.28. The van der Waals surface area contributed by atoms with Crippen LogP contribution < -0.4 is 5.32 Å². The summed E-state index contributed by atoms with van der Waals surface area (Å²) in [5.41, 5.74) is 0. The van der Waals surface area contributed by atoms with Gasteiger partial charge in [0.05, 0.1) is 0 Å². The second kappa shape index (κ2) is 5.69. The largest absolute Gasteiger partial charge is 0.319 e. The van der Waals surface area contributed by atoms with E-state index >= 15 is 0 Å². The second-order valence-corrected chi connectivity index (χ2v) is 8.16. The molecule has 0 spiro atoms. The molecular formula is C12H20N2O2S2. The van der Waals surface area contributed by atoms with E-state index in [4.69, 9.17) is 0 Å². The fourth-order valence-corrected chi connectivity index (χ4v) is 5.20. The van der Waals surface area contributed by atoms with Gasteiger partial charge in [-0.05, 0) is 44.5 Å². The molecule has 1 saturated heterocycles. The molecule has 0 aromatic carbocycles. The van der Waals surface area contributed by atoms with Crippen LogP contribution in [0.3, 0.4) is 0 Å². The summed E-state index contributed by atoms with van der Waals surface area (Å²) in [6.07, 6.45) is 1.85. The van der Waals surface area contributed by atoms with Gasteiger partial charge in [0, 0.05) is 18.0 Å². The van der Waals surface area contributed by atoms with Gasteiger partial charge in [-0.3, -0.25) is 0 Å². The van der Waals surface area contributed by atoms with Crippen molar-refractivity contribution in [2.24, 2.45) is 5.92 Å². The summed E-state index contributed by atoms with van der Waals surface area (Å²) in [5.74, 6) is 0.475. The van der Waals surface area contributed by atoms with Crippen LogP contribution in [0, 0.1) is 5.92 Å². The number of hydrogen-bond acceptors (Lipinski definition) is 4. The second-order valence-electron chi connectivity index (χ2n) is 4.83. The van der Waals surface area contributed by atoms with Crippen LogP contribution in [0.2, 0.25) is 0 Å². The normalized spacial score (nSPS) is 21.6. The fourth-order valence-electron chi connectivity index (χ4n) is 2.12. The number of nitrogens with one attached hydrogen (secondary N) is 1. The van der Waals surface area contributed by atoms with Gasteiger partial charge < -0.3 is 5.32 Å². The molecule has 1 fully saturated rings. The molecule has 0 saturated carbocycles. The van der Waals surface area contributed by atoms with Gasteiger partial charge in [-0.2, -0.15) is 4.31 Å². The van der Waals surface area contributed by atoms with Crippen molar-refractivity contribution in [3.05, 3.63) is 17.0 Å². The average molecular weight is 288 g/mol. The predicted octanol–water partition coefficient (Wildman–Crippen LogP) is 1.54. The van der Waals surface area contributed by atoms with Gasteiger partial charge in [0.2, 0.25) is 0 Å². The van der Waals surface area contributed by atoms with Crippen molar-refractivity contribution in [3.63, 3.8) is 0 Å². The zero-order valence-corrected chi connectivity index (χ0v) is 12.5. The average Bonchev–Trinajstić information content (AvgIpc) is 2.95. The standard InChI is InChI=1S/C12H20N2O2S2/c1-10-6-8-14(9-10)18(15,16)12-4-3-11(17-12)5-7-13-2/h3-4,10,13H,5-9H2,1-2H3. The number of likely N-dealkylation sites (N-methyl/N-ethyl adjacent to an activating group) is 1. The molecule has 1 unspecified atom stereocenters. The predicted molar refractivity (Wildman–Crippen MR) is 74.5 cm³/mol. The van der Waals surface area contributed by atoms with Gasteiger partial charge >= 0.3 is 0 Å². The zero-order valence-electron chi connectivity index (χ0n) is 10.8. The van der Waals surface area contributed by atoms with Crippen LogP contribution in [0.4, 0.5) is 0 Å². The number of nitrogens with zero attached hydrogens (tertiary/aromatic N) is 1. The Bertz CT molecular complexity index is 496. The lowest BCUT2D eigenvalue weighted by Gasteiger charge is -2.14. The van der Waals surface area contributed by atoms with Crippen LogP contribution in [0.5, 0.6) is 0 Å². The van der Waals surface area contributed by atoms with Gasteiger partial charge in [0.15, 0.2) is 0 Å². The van der Waals surface area contributed by atoms with E-state index in [0.29, 0.717) is 23.2 Å². The van der Waals surface area contributed by atoms with Crippen molar-refractivity contribution < 1.29 is 8.42 Å². The molecule has 1 aromatic rings. The third-order valence-electron chi connectivity index (χ3n) is 3.24. The van der Waals surface area contributed by atoms with Gasteiger partial charge in [0.1, 0.15) is 4.21 Å². The Labute approximate surface area is 113 Å². The molecule has 2 heterocycles. The maximum absolute atomic E-state index is 12.4. The monoisotopic (exact) mass is 288 g/mol. The first-order valence-electron chi connectivity index (χ1n) is 6.27. The van der Waals surface area contributed by atoms with E-state index in [9.17, 15) is 8.42 Å². The molecule has 102 valence electrons. The molecule has 1 atom stereocenters. The van der Waals surface area contributed by atoms with E-state index in [0.717, 1.165) is 24.3 Å². The third-order valence-corrected chi connectivity index (χ3v) is 6.72. The number of sulfonamides is 1. The topological polar surface area (TPSA) is 49.4 Å². The van der Waals surface area contributed by atoms with Crippen LogP contribution in [0.25, 0.3) is 0 Å². The minimum Gasteiger partial charge on any atom is -0.319 e. The first-order chi connectivity index (χ1) is 8.54.